The fourth-order valence-corrected chi connectivity index (χ4v) is 3.74. The summed E-state index contributed by atoms with van der Waals surface area (Å²) in [6.45, 7) is 0.00777. The molecule has 3 rings (SSSR count). The van der Waals surface area contributed by atoms with Crippen LogP contribution in [-0.2, 0) is 26.0 Å². The number of ether oxygens (including phenoxy) is 1. The maximum atomic E-state index is 12.8. The molecule has 1 heterocycles. The summed E-state index contributed by atoms with van der Waals surface area (Å²) in [7, 11) is -3.69. The van der Waals surface area contributed by atoms with Crippen LogP contribution in [0.5, 0.6) is 5.75 Å². The first kappa shape index (κ1) is 18.8. The molecule has 2 aromatic rings. The number of benzene rings is 2. The lowest BCUT2D eigenvalue weighted by molar-refractivity contribution is -0.121. The van der Waals surface area contributed by atoms with E-state index in [-0.39, 0.29) is 47.7 Å². The molecular weight excluding hydrogens is 375 g/mol. The first-order chi connectivity index (χ1) is 12.8. The van der Waals surface area contributed by atoms with Crippen LogP contribution in [0.1, 0.15) is 12.0 Å². The van der Waals surface area contributed by atoms with Crippen LogP contribution in [0, 0.1) is 5.82 Å². The predicted octanol–water partition coefficient (Wildman–Crippen LogP) is 1.64. The van der Waals surface area contributed by atoms with Gasteiger partial charge >= 0.3 is 0 Å². The Morgan fingerprint density at radius 3 is 2.67 bits per heavy atom. The molecular formula is C18H17FN2O5S. The molecule has 0 atom stereocenters. The number of carbonyl (C=O) groups excluding carboxylic acids is 2. The molecule has 2 amide bonds. The fraction of sp³-hybridized carbons (Fsp3) is 0.222. The van der Waals surface area contributed by atoms with Crippen molar-refractivity contribution in [2.45, 2.75) is 17.9 Å². The zero-order chi connectivity index (χ0) is 19.4. The fourth-order valence-electron chi connectivity index (χ4n) is 2.48. The number of nitrogens with one attached hydrogen (secondary N) is 2. The van der Waals surface area contributed by atoms with Gasteiger partial charge in [0.2, 0.25) is 5.91 Å². The van der Waals surface area contributed by atoms with Crippen LogP contribution in [0.3, 0.4) is 0 Å². The Kier molecular flexibility index (Phi) is 5.41. The predicted molar refractivity (Wildman–Crippen MR) is 95.5 cm³/mol. The Bertz CT molecular complexity index is 974. The lowest BCUT2D eigenvalue weighted by Gasteiger charge is -2.18. The van der Waals surface area contributed by atoms with E-state index in [1.165, 1.54) is 42.5 Å². The number of hydrogen-bond donors (Lipinski definition) is 2. The van der Waals surface area contributed by atoms with Crippen molar-refractivity contribution in [2.75, 3.05) is 17.7 Å². The third-order valence-corrected chi connectivity index (χ3v) is 5.66. The summed E-state index contributed by atoms with van der Waals surface area (Å²) >= 11 is 0. The first-order valence-corrected chi connectivity index (χ1v) is 9.79. The SMILES string of the molecule is O=C(CCS(=O)(=O)c1ccc2c(c1)OCC(=O)N2)NCc1ccc(F)cc1. The van der Waals surface area contributed by atoms with E-state index < -0.39 is 15.7 Å². The zero-order valence-electron chi connectivity index (χ0n) is 14.2. The number of amides is 2. The second-order valence-corrected chi connectivity index (χ2v) is 8.08. The van der Waals surface area contributed by atoms with Gasteiger partial charge in [-0.3, -0.25) is 9.59 Å². The van der Waals surface area contributed by atoms with Crippen LogP contribution < -0.4 is 15.4 Å². The third kappa shape index (κ3) is 4.82. The molecule has 0 aliphatic carbocycles. The Morgan fingerprint density at radius 1 is 1.19 bits per heavy atom. The highest BCUT2D eigenvalue weighted by atomic mass is 32.2. The van der Waals surface area contributed by atoms with Gasteiger partial charge in [-0.1, -0.05) is 12.1 Å². The molecule has 0 aromatic heterocycles. The van der Waals surface area contributed by atoms with E-state index in [0.717, 1.165) is 0 Å². The van der Waals surface area contributed by atoms with Crippen LogP contribution in [0.4, 0.5) is 10.1 Å². The van der Waals surface area contributed by atoms with Crippen molar-refractivity contribution < 1.29 is 27.1 Å². The van der Waals surface area contributed by atoms with Crippen molar-refractivity contribution >= 4 is 27.3 Å². The lowest BCUT2D eigenvalue weighted by Crippen LogP contribution is -2.26. The van der Waals surface area contributed by atoms with Gasteiger partial charge in [0.25, 0.3) is 5.91 Å². The summed E-state index contributed by atoms with van der Waals surface area (Å²) < 4.78 is 42.9. The molecule has 1 aliphatic heterocycles. The smallest absolute Gasteiger partial charge is 0.262 e. The van der Waals surface area contributed by atoms with Crippen molar-refractivity contribution in [3.8, 4) is 5.75 Å². The standard InChI is InChI=1S/C18H17FN2O5S/c19-13-3-1-12(2-4-13)10-20-17(22)7-8-27(24,25)14-5-6-15-16(9-14)26-11-18(23)21-15/h1-6,9H,7-8,10-11H2,(H,20,22)(H,21,23). The molecule has 0 saturated carbocycles. The van der Waals surface area contributed by atoms with Gasteiger partial charge in [0, 0.05) is 19.0 Å². The van der Waals surface area contributed by atoms with Crippen LogP contribution in [0.15, 0.2) is 47.4 Å². The van der Waals surface area contributed by atoms with Crippen molar-refractivity contribution in [2.24, 2.45) is 0 Å². The van der Waals surface area contributed by atoms with Crippen LogP contribution >= 0.6 is 0 Å². The summed E-state index contributed by atoms with van der Waals surface area (Å²) in [6.07, 6.45) is -0.210. The molecule has 142 valence electrons. The van der Waals surface area contributed by atoms with E-state index in [1.54, 1.807) is 0 Å². The minimum atomic E-state index is -3.69. The van der Waals surface area contributed by atoms with Gasteiger partial charge in [-0.05, 0) is 29.8 Å². The van der Waals surface area contributed by atoms with Crippen molar-refractivity contribution in [3.63, 3.8) is 0 Å². The topological polar surface area (TPSA) is 102 Å². The largest absolute Gasteiger partial charge is 0.482 e. The summed E-state index contributed by atoms with van der Waals surface area (Å²) in [6, 6.07) is 9.80. The summed E-state index contributed by atoms with van der Waals surface area (Å²) in [4.78, 5) is 23.2. The summed E-state index contributed by atoms with van der Waals surface area (Å²) in [5.41, 5.74) is 1.11. The first-order valence-electron chi connectivity index (χ1n) is 8.14. The average Bonchev–Trinajstić information content (AvgIpc) is 2.65. The van der Waals surface area contributed by atoms with E-state index in [0.29, 0.717) is 11.3 Å². The number of halogens is 1. The number of fused-ring (bicyclic) bond motifs is 1. The molecule has 0 unspecified atom stereocenters. The zero-order valence-corrected chi connectivity index (χ0v) is 15.0. The van der Waals surface area contributed by atoms with Crippen LogP contribution in [-0.4, -0.2) is 32.6 Å². The number of hydrogen-bond acceptors (Lipinski definition) is 5. The van der Waals surface area contributed by atoms with Crippen molar-refractivity contribution in [1.29, 1.82) is 0 Å². The molecule has 0 spiro atoms. The molecule has 0 saturated heterocycles. The Balaban J connectivity index is 1.57. The Hall–Kier alpha value is -2.94. The lowest BCUT2D eigenvalue weighted by atomic mass is 10.2. The Morgan fingerprint density at radius 2 is 1.93 bits per heavy atom. The molecule has 7 nitrogen and oxygen atoms in total. The maximum Gasteiger partial charge on any atom is 0.262 e. The van der Waals surface area contributed by atoms with E-state index in [2.05, 4.69) is 10.6 Å². The van der Waals surface area contributed by atoms with E-state index in [4.69, 9.17) is 4.74 Å². The molecule has 2 N–H and O–H groups in total. The van der Waals surface area contributed by atoms with Gasteiger partial charge in [-0.25, -0.2) is 12.8 Å². The molecule has 9 heteroatoms. The van der Waals surface area contributed by atoms with Gasteiger partial charge in [-0.2, -0.15) is 0 Å². The molecule has 0 radical (unpaired) electrons. The molecule has 0 fully saturated rings. The van der Waals surface area contributed by atoms with E-state index in [9.17, 15) is 22.4 Å². The summed E-state index contributed by atoms with van der Waals surface area (Å²) in [5.74, 6) is -1.20. The summed E-state index contributed by atoms with van der Waals surface area (Å²) in [5, 5.41) is 5.18. The van der Waals surface area contributed by atoms with Crippen molar-refractivity contribution in [1.82, 2.24) is 5.32 Å². The normalized spacial score (nSPS) is 13.3. The third-order valence-electron chi connectivity index (χ3n) is 3.95. The van der Waals surface area contributed by atoms with Gasteiger partial charge in [0.15, 0.2) is 16.4 Å². The quantitative estimate of drug-likeness (QED) is 0.778. The van der Waals surface area contributed by atoms with Gasteiger partial charge in [-0.15, -0.1) is 0 Å². The molecule has 1 aliphatic rings. The minimum Gasteiger partial charge on any atom is -0.482 e. The van der Waals surface area contributed by atoms with E-state index in [1.807, 2.05) is 0 Å². The van der Waals surface area contributed by atoms with Crippen LogP contribution in [0.25, 0.3) is 0 Å². The molecule has 27 heavy (non-hydrogen) atoms. The maximum absolute atomic E-state index is 12.8. The number of rotatable bonds is 6. The number of carbonyl (C=O) groups is 2. The highest BCUT2D eigenvalue weighted by Crippen LogP contribution is 2.30. The highest BCUT2D eigenvalue weighted by Gasteiger charge is 2.21. The second-order valence-electron chi connectivity index (χ2n) is 5.97. The monoisotopic (exact) mass is 392 g/mol. The second kappa shape index (κ2) is 7.75. The van der Waals surface area contributed by atoms with Gasteiger partial charge < -0.3 is 15.4 Å². The molecule has 2 aromatic carbocycles. The number of anilines is 1. The molecule has 0 bridgehead atoms. The Labute approximate surface area is 155 Å². The number of sulfone groups is 1. The van der Waals surface area contributed by atoms with Gasteiger partial charge in [0.1, 0.15) is 11.6 Å². The minimum absolute atomic E-state index is 0.0173. The van der Waals surface area contributed by atoms with E-state index >= 15 is 0 Å². The average molecular weight is 392 g/mol. The van der Waals surface area contributed by atoms with Gasteiger partial charge in [0.05, 0.1) is 16.3 Å². The highest BCUT2D eigenvalue weighted by molar-refractivity contribution is 7.91. The van der Waals surface area contributed by atoms with Crippen molar-refractivity contribution in [3.05, 3.63) is 53.8 Å². The van der Waals surface area contributed by atoms with Crippen LogP contribution in [0.2, 0.25) is 0 Å².